The first-order valence-electron chi connectivity index (χ1n) is 11.1. The molecular weight excluding hydrogens is 441 g/mol. The summed E-state index contributed by atoms with van der Waals surface area (Å²) in [6.45, 7) is 1.89. The van der Waals surface area contributed by atoms with E-state index in [1.165, 1.54) is 12.1 Å². The van der Waals surface area contributed by atoms with Gasteiger partial charge in [0.25, 0.3) is 5.91 Å². The Hall–Kier alpha value is -4.78. The number of benzene rings is 3. The van der Waals surface area contributed by atoms with Crippen molar-refractivity contribution >= 4 is 45.2 Å². The lowest BCUT2D eigenvalue weighted by atomic mass is 10.1. The normalized spacial score (nSPS) is 10.7. The van der Waals surface area contributed by atoms with E-state index in [1.54, 1.807) is 36.8 Å². The van der Waals surface area contributed by atoms with Crippen LogP contribution < -0.4 is 16.0 Å². The summed E-state index contributed by atoms with van der Waals surface area (Å²) >= 11 is 0. The summed E-state index contributed by atoms with van der Waals surface area (Å²) in [5.74, 6) is -0.550. The van der Waals surface area contributed by atoms with Crippen LogP contribution in [0.5, 0.6) is 0 Å². The number of fused-ring (bicyclic) bond motifs is 1. The van der Waals surface area contributed by atoms with Crippen LogP contribution in [0.3, 0.4) is 0 Å². The van der Waals surface area contributed by atoms with E-state index in [9.17, 15) is 9.18 Å². The molecule has 0 fully saturated rings. The van der Waals surface area contributed by atoms with E-state index in [0.29, 0.717) is 27.8 Å². The molecule has 0 spiro atoms. The molecule has 3 aromatic carbocycles. The number of aryl methyl sites for hydroxylation is 1. The highest BCUT2D eigenvalue weighted by Gasteiger charge is 2.12. The third-order valence-electron chi connectivity index (χ3n) is 5.58. The predicted octanol–water partition coefficient (Wildman–Crippen LogP) is 6.82. The van der Waals surface area contributed by atoms with Gasteiger partial charge in [0, 0.05) is 58.0 Å². The number of hydrogen-bond donors (Lipinski definition) is 3. The van der Waals surface area contributed by atoms with Crippen molar-refractivity contribution in [1.29, 1.82) is 0 Å². The summed E-state index contributed by atoms with van der Waals surface area (Å²) < 4.78 is 13.8. The number of halogens is 1. The van der Waals surface area contributed by atoms with E-state index in [1.807, 2.05) is 55.5 Å². The second-order valence-electron chi connectivity index (χ2n) is 8.07. The molecule has 7 heteroatoms. The first-order valence-corrected chi connectivity index (χ1v) is 11.1. The van der Waals surface area contributed by atoms with Crippen LogP contribution in [0.1, 0.15) is 15.9 Å². The fourth-order valence-corrected chi connectivity index (χ4v) is 3.76. The van der Waals surface area contributed by atoms with Crippen molar-refractivity contribution in [3.05, 3.63) is 114 Å². The van der Waals surface area contributed by atoms with Gasteiger partial charge in [0.05, 0.1) is 5.52 Å². The number of amides is 1. The van der Waals surface area contributed by atoms with E-state index >= 15 is 0 Å². The first kappa shape index (κ1) is 22.0. The SMILES string of the molecule is Cc1ccc(Nc2ccnc3ccc(F)cc23)cc1C(=O)Nc1ccc(Nc2ccncc2)cc1. The van der Waals surface area contributed by atoms with Crippen LogP contribution in [0.25, 0.3) is 10.9 Å². The molecule has 2 aromatic heterocycles. The first-order chi connectivity index (χ1) is 17.0. The zero-order chi connectivity index (χ0) is 24.2. The van der Waals surface area contributed by atoms with Crippen LogP contribution in [-0.4, -0.2) is 15.9 Å². The van der Waals surface area contributed by atoms with Crippen LogP contribution in [0.4, 0.5) is 32.8 Å². The van der Waals surface area contributed by atoms with Gasteiger partial charge in [-0.05, 0) is 85.3 Å². The maximum Gasteiger partial charge on any atom is 0.256 e. The standard InChI is InChI=1S/C28H22FN5O/c1-18-2-4-23(33-27-12-15-31-26-9-3-19(29)16-25(26)27)17-24(18)28(35)34-21-7-5-20(6-8-21)32-22-10-13-30-14-11-22/h2-17H,1H3,(H,30,32)(H,31,33)(H,34,35). The molecule has 2 heterocycles. The van der Waals surface area contributed by atoms with Gasteiger partial charge in [0.15, 0.2) is 0 Å². The zero-order valence-corrected chi connectivity index (χ0v) is 18.9. The monoisotopic (exact) mass is 463 g/mol. The molecule has 1 amide bonds. The van der Waals surface area contributed by atoms with Crippen molar-refractivity contribution < 1.29 is 9.18 Å². The van der Waals surface area contributed by atoms with Crippen LogP contribution in [-0.2, 0) is 0 Å². The van der Waals surface area contributed by atoms with Crippen LogP contribution in [0.2, 0.25) is 0 Å². The van der Waals surface area contributed by atoms with Gasteiger partial charge >= 0.3 is 0 Å². The lowest BCUT2D eigenvalue weighted by molar-refractivity contribution is 0.102. The Morgan fingerprint density at radius 2 is 1.46 bits per heavy atom. The van der Waals surface area contributed by atoms with Crippen LogP contribution >= 0.6 is 0 Å². The minimum atomic E-state index is -0.334. The Labute approximate surface area is 201 Å². The molecular formula is C28H22FN5O. The molecule has 0 aliphatic heterocycles. The summed E-state index contributed by atoms with van der Waals surface area (Å²) in [7, 11) is 0. The largest absolute Gasteiger partial charge is 0.355 e. The summed E-state index contributed by atoms with van der Waals surface area (Å²) in [5.41, 5.74) is 6.01. The number of anilines is 5. The van der Waals surface area contributed by atoms with Crippen molar-refractivity contribution in [2.24, 2.45) is 0 Å². The summed E-state index contributed by atoms with van der Waals surface area (Å²) in [5, 5.41) is 10.2. The maximum atomic E-state index is 13.8. The fraction of sp³-hybridized carbons (Fsp3) is 0.0357. The molecule has 5 aromatic rings. The third kappa shape index (κ3) is 5.09. The summed E-state index contributed by atoms with van der Waals surface area (Å²) in [6.07, 6.45) is 5.10. The van der Waals surface area contributed by atoms with Crippen molar-refractivity contribution in [3.8, 4) is 0 Å². The number of pyridine rings is 2. The van der Waals surface area contributed by atoms with Crippen LogP contribution in [0.15, 0.2) is 97.5 Å². The Bertz CT molecular complexity index is 1500. The molecule has 35 heavy (non-hydrogen) atoms. The summed E-state index contributed by atoms with van der Waals surface area (Å²) in [6, 6.07) is 23.0. The second-order valence-corrected chi connectivity index (χ2v) is 8.07. The average Bonchev–Trinajstić information content (AvgIpc) is 2.87. The molecule has 0 saturated carbocycles. The van der Waals surface area contributed by atoms with Crippen molar-refractivity contribution in [2.45, 2.75) is 6.92 Å². The molecule has 0 atom stereocenters. The molecule has 0 bridgehead atoms. The predicted molar refractivity (Wildman–Crippen MR) is 138 cm³/mol. The molecule has 0 aliphatic carbocycles. The van der Waals surface area contributed by atoms with E-state index in [2.05, 4.69) is 25.9 Å². The zero-order valence-electron chi connectivity index (χ0n) is 18.9. The van der Waals surface area contributed by atoms with Gasteiger partial charge in [0.1, 0.15) is 5.82 Å². The summed E-state index contributed by atoms with van der Waals surface area (Å²) in [4.78, 5) is 21.3. The number of aromatic nitrogens is 2. The maximum absolute atomic E-state index is 13.8. The van der Waals surface area contributed by atoms with E-state index in [-0.39, 0.29) is 11.7 Å². The topological polar surface area (TPSA) is 78.9 Å². The number of hydrogen-bond acceptors (Lipinski definition) is 5. The second kappa shape index (κ2) is 9.61. The van der Waals surface area contributed by atoms with Gasteiger partial charge in [-0.1, -0.05) is 6.07 Å². The minimum absolute atomic E-state index is 0.216. The number of nitrogens with one attached hydrogen (secondary N) is 3. The van der Waals surface area contributed by atoms with Gasteiger partial charge in [-0.2, -0.15) is 0 Å². The number of rotatable bonds is 6. The lowest BCUT2D eigenvalue weighted by Gasteiger charge is -2.13. The van der Waals surface area contributed by atoms with Crippen LogP contribution in [0, 0.1) is 12.7 Å². The Kier molecular flexibility index (Phi) is 6.05. The molecule has 0 aliphatic rings. The smallest absolute Gasteiger partial charge is 0.256 e. The lowest BCUT2D eigenvalue weighted by Crippen LogP contribution is -2.13. The Morgan fingerprint density at radius 1 is 0.743 bits per heavy atom. The highest BCUT2D eigenvalue weighted by molar-refractivity contribution is 6.06. The molecule has 5 rings (SSSR count). The van der Waals surface area contributed by atoms with Gasteiger partial charge < -0.3 is 16.0 Å². The quantitative estimate of drug-likeness (QED) is 0.258. The van der Waals surface area contributed by atoms with Crippen molar-refractivity contribution in [3.63, 3.8) is 0 Å². The van der Waals surface area contributed by atoms with E-state index in [4.69, 9.17) is 0 Å². The highest BCUT2D eigenvalue weighted by Crippen LogP contribution is 2.27. The van der Waals surface area contributed by atoms with Gasteiger partial charge in [-0.25, -0.2) is 4.39 Å². The third-order valence-corrected chi connectivity index (χ3v) is 5.58. The van der Waals surface area contributed by atoms with Gasteiger partial charge in [-0.3, -0.25) is 14.8 Å². The molecule has 0 saturated heterocycles. The fourth-order valence-electron chi connectivity index (χ4n) is 3.76. The molecule has 0 radical (unpaired) electrons. The number of carbonyl (C=O) groups is 1. The molecule has 172 valence electrons. The highest BCUT2D eigenvalue weighted by atomic mass is 19.1. The Morgan fingerprint density at radius 3 is 2.26 bits per heavy atom. The van der Waals surface area contributed by atoms with Crippen molar-refractivity contribution in [2.75, 3.05) is 16.0 Å². The van der Waals surface area contributed by atoms with Crippen molar-refractivity contribution in [1.82, 2.24) is 9.97 Å². The average molecular weight is 464 g/mol. The molecule has 0 unspecified atom stereocenters. The van der Waals surface area contributed by atoms with Gasteiger partial charge in [-0.15, -0.1) is 0 Å². The van der Waals surface area contributed by atoms with Gasteiger partial charge in [0.2, 0.25) is 0 Å². The Balaban J connectivity index is 1.32. The number of nitrogens with zero attached hydrogens (tertiary/aromatic N) is 2. The van der Waals surface area contributed by atoms with E-state index < -0.39 is 0 Å². The molecule has 6 nitrogen and oxygen atoms in total. The van der Waals surface area contributed by atoms with E-state index in [0.717, 1.165) is 22.6 Å². The number of carbonyl (C=O) groups excluding carboxylic acids is 1. The minimum Gasteiger partial charge on any atom is -0.355 e. The molecule has 3 N–H and O–H groups in total.